The van der Waals surface area contributed by atoms with Crippen molar-refractivity contribution in [2.45, 2.75) is 32.4 Å². The molecule has 164 valence electrons. The average molecular weight is 433 g/mol. The zero-order valence-electron chi connectivity index (χ0n) is 18.2. The number of carbonyl (C=O) groups is 2. The van der Waals surface area contributed by atoms with Gasteiger partial charge in [0.1, 0.15) is 0 Å². The smallest absolute Gasteiger partial charge is 0.266 e. The van der Waals surface area contributed by atoms with Crippen LogP contribution in [-0.2, 0) is 16.9 Å². The first-order chi connectivity index (χ1) is 15.3. The van der Waals surface area contributed by atoms with Crippen LogP contribution < -0.4 is 5.73 Å². The monoisotopic (exact) mass is 433 g/mol. The molecule has 1 aliphatic heterocycles. The first kappa shape index (κ1) is 21.4. The Labute approximate surface area is 185 Å². The number of amides is 1. The number of hydrogen-bond donors (Lipinski definition) is 1. The molecule has 32 heavy (non-hydrogen) atoms. The van der Waals surface area contributed by atoms with Crippen molar-refractivity contribution < 1.29 is 14.0 Å². The molecule has 7 nitrogen and oxygen atoms in total. The van der Waals surface area contributed by atoms with Gasteiger partial charge in [-0.2, -0.15) is 4.39 Å². The Morgan fingerprint density at radius 2 is 1.94 bits per heavy atom. The van der Waals surface area contributed by atoms with Gasteiger partial charge in [0, 0.05) is 43.5 Å². The Morgan fingerprint density at radius 1 is 1.16 bits per heavy atom. The van der Waals surface area contributed by atoms with Gasteiger partial charge in [0.25, 0.3) is 5.91 Å². The van der Waals surface area contributed by atoms with Crippen molar-refractivity contribution in [2.24, 2.45) is 10.7 Å². The number of likely N-dealkylation sites (N-methyl/N-ethyl adjacent to an activating group) is 1. The van der Waals surface area contributed by atoms with Crippen LogP contribution in [0.4, 0.5) is 4.39 Å². The largest absolute Gasteiger partial charge is 0.369 e. The highest BCUT2D eigenvalue weighted by atomic mass is 19.1. The van der Waals surface area contributed by atoms with Crippen molar-refractivity contribution in [1.82, 2.24) is 14.5 Å². The summed E-state index contributed by atoms with van der Waals surface area (Å²) in [4.78, 5) is 35.7. The molecule has 1 atom stereocenters. The lowest BCUT2D eigenvalue weighted by Gasteiger charge is -2.25. The third-order valence-corrected chi connectivity index (χ3v) is 5.85. The van der Waals surface area contributed by atoms with Crippen molar-refractivity contribution in [2.75, 3.05) is 7.05 Å². The number of pyridine rings is 1. The van der Waals surface area contributed by atoms with E-state index in [1.165, 1.54) is 11.1 Å². The van der Waals surface area contributed by atoms with Crippen LogP contribution in [0.1, 0.15) is 41.9 Å². The highest BCUT2D eigenvalue weighted by molar-refractivity contribution is 6.09. The maximum Gasteiger partial charge on any atom is 0.266 e. The molecular weight excluding hydrogens is 409 g/mol. The number of hydrogen-bond acceptors (Lipinski definition) is 5. The third kappa shape index (κ3) is 3.19. The van der Waals surface area contributed by atoms with E-state index >= 15 is 0 Å². The van der Waals surface area contributed by atoms with Gasteiger partial charge in [0.05, 0.1) is 5.69 Å². The number of guanidine groups is 1. The summed E-state index contributed by atoms with van der Waals surface area (Å²) in [5.41, 5.74) is 7.04. The number of halogens is 1. The van der Waals surface area contributed by atoms with Crippen LogP contribution in [0.2, 0.25) is 0 Å². The van der Waals surface area contributed by atoms with E-state index in [1.807, 2.05) is 11.5 Å². The number of Topliss-reactive ketones (excluding diaryl/α,β-unsaturated/α-hetero) is 1. The van der Waals surface area contributed by atoms with E-state index in [9.17, 15) is 14.0 Å². The Kier molecular flexibility index (Phi) is 5.38. The zero-order valence-corrected chi connectivity index (χ0v) is 18.2. The zero-order chi connectivity index (χ0) is 23.0. The molecule has 3 heterocycles. The van der Waals surface area contributed by atoms with Crippen molar-refractivity contribution in [3.05, 3.63) is 77.6 Å². The summed E-state index contributed by atoms with van der Waals surface area (Å²) < 4.78 is 16.2. The Morgan fingerprint density at radius 3 is 2.56 bits per heavy atom. The first-order valence-electron chi connectivity index (χ1n) is 10.4. The molecule has 1 amide bonds. The van der Waals surface area contributed by atoms with Gasteiger partial charge in [0.2, 0.25) is 5.95 Å². The minimum Gasteiger partial charge on any atom is -0.369 e. The molecule has 0 saturated carbocycles. The molecule has 3 aromatic rings. The van der Waals surface area contributed by atoms with Crippen molar-refractivity contribution in [3.63, 3.8) is 0 Å². The van der Waals surface area contributed by atoms with E-state index in [1.54, 1.807) is 62.6 Å². The molecule has 0 spiro atoms. The molecule has 0 fully saturated rings. The van der Waals surface area contributed by atoms with Crippen LogP contribution in [0.15, 0.2) is 59.9 Å². The number of ketones is 1. The normalized spacial score (nSPS) is 18.2. The predicted octanol–water partition coefficient (Wildman–Crippen LogP) is 3.33. The standard InChI is InChI=1S/C24H24FN5O2/c1-4-20(31)19-13-17(14-30(19)5-2)24(22(32)29(3)23(26)28-24)16-9-6-8-15(12-16)18-10-7-11-27-21(18)25/h6-14H,4-5H2,1-3H3,(H2,26,28). The molecular formula is C24H24FN5O2. The maximum atomic E-state index is 14.4. The lowest BCUT2D eigenvalue weighted by Crippen LogP contribution is -2.41. The Balaban J connectivity index is 1.96. The number of carbonyl (C=O) groups excluding carboxylic acids is 2. The number of aliphatic imine (C=N–C) groups is 1. The third-order valence-electron chi connectivity index (χ3n) is 5.85. The summed E-state index contributed by atoms with van der Waals surface area (Å²) in [7, 11) is 1.56. The van der Waals surface area contributed by atoms with Crippen LogP contribution in [-0.4, -0.2) is 39.1 Å². The number of rotatable bonds is 6. The van der Waals surface area contributed by atoms with Gasteiger partial charge in [-0.3, -0.25) is 14.5 Å². The minimum atomic E-state index is -1.48. The van der Waals surface area contributed by atoms with E-state index in [0.29, 0.717) is 40.9 Å². The summed E-state index contributed by atoms with van der Waals surface area (Å²) in [6.07, 6.45) is 3.49. The van der Waals surface area contributed by atoms with E-state index < -0.39 is 11.5 Å². The Hall–Kier alpha value is -3.81. The number of aromatic nitrogens is 2. The molecule has 1 aliphatic rings. The van der Waals surface area contributed by atoms with Gasteiger partial charge in [-0.05, 0) is 42.3 Å². The second-order valence-corrected chi connectivity index (χ2v) is 7.64. The van der Waals surface area contributed by atoms with Crippen LogP contribution in [0, 0.1) is 5.95 Å². The van der Waals surface area contributed by atoms with Crippen molar-refractivity contribution in [1.29, 1.82) is 0 Å². The fourth-order valence-corrected chi connectivity index (χ4v) is 4.08. The molecule has 0 radical (unpaired) electrons. The lowest BCUT2D eigenvalue weighted by atomic mass is 9.83. The first-order valence-corrected chi connectivity index (χ1v) is 10.4. The number of benzene rings is 1. The fraction of sp³-hybridized carbons (Fsp3) is 0.250. The van der Waals surface area contributed by atoms with Gasteiger partial charge in [-0.15, -0.1) is 0 Å². The molecule has 8 heteroatoms. The average Bonchev–Trinajstić information content (AvgIpc) is 3.34. The molecule has 2 N–H and O–H groups in total. The molecule has 4 rings (SSSR count). The van der Waals surface area contributed by atoms with Crippen LogP contribution in [0.5, 0.6) is 0 Å². The summed E-state index contributed by atoms with van der Waals surface area (Å²) in [6.45, 7) is 4.28. The predicted molar refractivity (Wildman–Crippen MR) is 120 cm³/mol. The number of aryl methyl sites for hydroxylation is 1. The van der Waals surface area contributed by atoms with Gasteiger partial charge >= 0.3 is 0 Å². The topological polar surface area (TPSA) is 93.6 Å². The molecule has 0 saturated heterocycles. The summed E-state index contributed by atoms with van der Waals surface area (Å²) in [5.74, 6) is -0.914. The minimum absolute atomic E-state index is 0.0322. The van der Waals surface area contributed by atoms with Crippen LogP contribution in [0.25, 0.3) is 11.1 Å². The summed E-state index contributed by atoms with van der Waals surface area (Å²) in [5, 5.41) is 0. The quantitative estimate of drug-likeness (QED) is 0.477. The Bertz CT molecular complexity index is 1250. The summed E-state index contributed by atoms with van der Waals surface area (Å²) in [6, 6.07) is 12.0. The lowest BCUT2D eigenvalue weighted by molar-refractivity contribution is -0.129. The summed E-state index contributed by atoms with van der Waals surface area (Å²) >= 11 is 0. The highest BCUT2D eigenvalue weighted by Gasteiger charge is 2.50. The SMILES string of the molecule is CCC(=O)c1cc(C2(c3cccc(-c4cccnc4F)c3)N=C(N)N(C)C2=O)cn1CC. The van der Waals surface area contributed by atoms with Crippen LogP contribution in [0.3, 0.4) is 0 Å². The maximum absolute atomic E-state index is 14.4. The highest BCUT2D eigenvalue weighted by Crippen LogP contribution is 2.41. The molecule has 0 bridgehead atoms. The molecule has 0 aliphatic carbocycles. The van der Waals surface area contributed by atoms with Crippen molar-refractivity contribution >= 4 is 17.6 Å². The van der Waals surface area contributed by atoms with Gasteiger partial charge in [0.15, 0.2) is 17.3 Å². The molecule has 1 unspecified atom stereocenters. The second kappa shape index (κ2) is 8.03. The van der Waals surface area contributed by atoms with Gasteiger partial charge in [-0.25, -0.2) is 9.98 Å². The van der Waals surface area contributed by atoms with Gasteiger partial charge in [-0.1, -0.05) is 25.1 Å². The van der Waals surface area contributed by atoms with E-state index in [2.05, 4.69) is 9.98 Å². The fourth-order valence-electron chi connectivity index (χ4n) is 4.08. The van der Waals surface area contributed by atoms with E-state index in [0.717, 1.165) is 0 Å². The van der Waals surface area contributed by atoms with Gasteiger partial charge < -0.3 is 10.3 Å². The van der Waals surface area contributed by atoms with E-state index in [4.69, 9.17) is 5.73 Å². The second-order valence-electron chi connectivity index (χ2n) is 7.64. The number of nitrogens with zero attached hydrogens (tertiary/aromatic N) is 4. The molecule has 1 aromatic carbocycles. The van der Waals surface area contributed by atoms with Crippen molar-refractivity contribution in [3.8, 4) is 11.1 Å². The number of nitrogens with two attached hydrogens (primary N) is 1. The van der Waals surface area contributed by atoms with Crippen LogP contribution >= 0.6 is 0 Å². The van der Waals surface area contributed by atoms with E-state index in [-0.39, 0.29) is 17.6 Å². The molecule has 2 aromatic heterocycles.